The van der Waals surface area contributed by atoms with Crippen molar-refractivity contribution >= 4 is 11.7 Å². The van der Waals surface area contributed by atoms with Crippen LogP contribution in [-0.2, 0) is 0 Å². The van der Waals surface area contributed by atoms with Crippen molar-refractivity contribution in [3.8, 4) is 11.4 Å². The molecule has 0 aliphatic carbocycles. The first-order valence-corrected chi connectivity index (χ1v) is 8.53. The molecule has 3 N–H and O–H groups in total. The van der Waals surface area contributed by atoms with Crippen LogP contribution in [0.15, 0.2) is 30.5 Å². The van der Waals surface area contributed by atoms with E-state index in [1.807, 2.05) is 20.8 Å². The number of amides is 1. The lowest BCUT2D eigenvalue weighted by Crippen LogP contribution is -2.27. The van der Waals surface area contributed by atoms with Crippen molar-refractivity contribution in [3.63, 3.8) is 0 Å². The van der Waals surface area contributed by atoms with Crippen molar-refractivity contribution in [2.45, 2.75) is 26.8 Å². The number of aromatic nitrogens is 4. The average molecular weight is 368 g/mol. The zero-order valence-corrected chi connectivity index (χ0v) is 15.6. The standard InChI is InChI=1S/C19H21FN6O/c1-10(16-11(2)25-26-12(16)3)23-19(27)14-7-5-6-13(8-14)17-22-9-15(20)18(21-4)24-17/h5-10H,1-4H3,(H,23,27)(H,25,26)(H,21,22,24)/t10-/m1/s1. The third kappa shape index (κ3) is 3.79. The largest absolute Gasteiger partial charge is 0.371 e. The molecule has 0 radical (unpaired) electrons. The van der Waals surface area contributed by atoms with Crippen LogP contribution < -0.4 is 10.6 Å². The third-order valence-electron chi connectivity index (χ3n) is 4.33. The summed E-state index contributed by atoms with van der Waals surface area (Å²) in [5.74, 6) is -0.311. The first kappa shape index (κ1) is 18.5. The summed E-state index contributed by atoms with van der Waals surface area (Å²) in [6, 6.07) is 6.72. The lowest BCUT2D eigenvalue weighted by molar-refractivity contribution is 0.0940. The summed E-state index contributed by atoms with van der Waals surface area (Å²) < 4.78 is 13.6. The molecule has 3 aromatic rings. The van der Waals surface area contributed by atoms with Crippen LogP contribution in [-0.4, -0.2) is 33.1 Å². The Labute approximate surface area is 156 Å². The quantitative estimate of drug-likeness (QED) is 0.643. The highest BCUT2D eigenvalue weighted by Crippen LogP contribution is 2.22. The van der Waals surface area contributed by atoms with Crippen LogP contribution in [0.1, 0.15) is 40.3 Å². The van der Waals surface area contributed by atoms with Gasteiger partial charge in [-0.2, -0.15) is 5.10 Å². The molecule has 2 heterocycles. The van der Waals surface area contributed by atoms with E-state index in [0.717, 1.165) is 23.1 Å². The maximum absolute atomic E-state index is 13.6. The smallest absolute Gasteiger partial charge is 0.251 e. The molecule has 0 fully saturated rings. The van der Waals surface area contributed by atoms with Gasteiger partial charge in [-0.05, 0) is 32.9 Å². The lowest BCUT2D eigenvalue weighted by Gasteiger charge is -2.15. The Morgan fingerprint density at radius 2 is 2.07 bits per heavy atom. The fraction of sp³-hybridized carbons (Fsp3) is 0.263. The van der Waals surface area contributed by atoms with E-state index in [1.165, 1.54) is 0 Å². The third-order valence-corrected chi connectivity index (χ3v) is 4.33. The number of hydrogen-bond acceptors (Lipinski definition) is 5. The number of carbonyl (C=O) groups excluding carboxylic acids is 1. The molecule has 0 saturated carbocycles. The van der Waals surface area contributed by atoms with E-state index in [2.05, 4.69) is 30.8 Å². The summed E-state index contributed by atoms with van der Waals surface area (Å²) in [5.41, 5.74) is 3.85. The van der Waals surface area contributed by atoms with Gasteiger partial charge in [0.15, 0.2) is 17.5 Å². The minimum atomic E-state index is -0.533. The second kappa shape index (κ2) is 7.53. The molecule has 140 valence electrons. The molecule has 0 bridgehead atoms. The zero-order chi connectivity index (χ0) is 19.6. The van der Waals surface area contributed by atoms with Gasteiger partial charge in [0.05, 0.1) is 17.9 Å². The Morgan fingerprint density at radius 1 is 1.30 bits per heavy atom. The minimum Gasteiger partial charge on any atom is -0.371 e. The predicted octanol–water partition coefficient (Wildman–Crippen LogP) is 3.16. The first-order chi connectivity index (χ1) is 12.9. The minimum absolute atomic E-state index is 0.106. The van der Waals surface area contributed by atoms with Crippen molar-refractivity contribution in [3.05, 3.63) is 58.8 Å². The zero-order valence-electron chi connectivity index (χ0n) is 15.6. The topological polar surface area (TPSA) is 95.6 Å². The van der Waals surface area contributed by atoms with E-state index in [9.17, 15) is 9.18 Å². The Balaban J connectivity index is 1.84. The first-order valence-electron chi connectivity index (χ1n) is 8.53. The van der Waals surface area contributed by atoms with E-state index < -0.39 is 5.82 Å². The molecule has 27 heavy (non-hydrogen) atoms. The van der Waals surface area contributed by atoms with Crippen LogP contribution in [0.3, 0.4) is 0 Å². The van der Waals surface area contributed by atoms with Gasteiger partial charge in [0.1, 0.15) is 0 Å². The van der Waals surface area contributed by atoms with Crippen molar-refractivity contribution in [1.82, 2.24) is 25.5 Å². The molecule has 7 nitrogen and oxygen atoms in total. The van der Waals surface area contributed by atoms with E-state index in [1.54, 1.807) is 31.3 Å². The maximum Gasteiger partial charge on any atom is 0.251 e. The summed E-state index contributed by atoms with van der Waals surface area (Å²) in [7, 11) is 1.58. The maximum atomic E-state index is 13.6. The van der Waals surface area contributed by atoms with Gasteiger partial charge < -0.3 is 10.6 Å². The molecule has 3 rings (SSSR count). The van der Waals surface area contributed by atoms with Crippen molar-refractivity contribution in [2.75, 3.05) is 12.4 Å². The number of nitrogens with zero attached hydrogens (tertiary/aromatic N) is 3. The van der Waals surface area contributed by atoms with Gasteiger partial charge in [0.2, 0.25) is 0 Å². The number of rotatable bonds is 5. The number of aryl methyl sites for hydroxylation is 2. The number of carbonyl (C=O) groups is 1. The van der Waals surface area contributed by atoms with Crippen LogP contribution in [0.4, 0.5) is 10.2 Å². The highest BCUT2D eigenvalue weighted by molar-refractivity contribution is 5.95. The molecule has 1 amide bonds. The molecule has 0 saturated heterocycles. The SMILES string of the molecule is CNc1nc(-c2cccc(C(=O)N[C@H](C)c3c(C)n[nH]c3C)c2)ncc1F. The highest BCUT2D eigenvalue weighted by Gasteiger charge is 2.18. The van der Waals surface area contributed by atoms with Crippen molar-refractivity contribution < 1.29 is 9.18 Å². The van der Waals surface area contributed by atoms with Gasteiger partial charge in [-0.15, -0.1) is 0 Å². The van der Waals surface area contributed by atoms with Gasteiger partial charge >= 0.3 is 0 Å². The normalized spacial score (nSPS) is 11.9. The molecule has 0 unspecified atom stereocenters. The molecular weight excluding hydrogens is 347 g/mol. The molecule has 0 aliphatic rings. The highest BCUT2D eigenvalue weighted by atomic mass is 19.1. The number of benzene rings is 1. The van der Waals surface area contributed by atoms with Gasteiger partial charge in [-0.1, -0.05) is 12.1 Å². The predicted molar refractivity (Wildman–Crippen MR) is 101 cm³/mol. The van der Waals surface area contributed by atoms with E-state index in [4.69, 9.17) is 0 Å². The molecule has 1 aromatic carbocycles. The van der Waals surface area contributed by atoms with E-state index >= 15 is 0 Å². The number of nitrogens with one attached hydrogen (secondary N) is 3. The Hall–Kier alpha value is -3.29. The molecule has 1 atom stereocenters. The summed E-state index contributed by atoms with van der Waals surface area (Å²) in [6.07, 6.45) is 1.10. The molecule has 2 aromatic heterocycles. The molecule has 0 spiro atoms. The second-order valence-corrected chi connectivity index (χ2v) is 6.26. The fourth-order valence-electron chi connectivity index (χ4n) is 3.03. The Kier molecular flexibility index (Phi) is 5.16. The van der Waals surface area contributed by atoms with Crippen molar-refractivity contribution in [2.24, 2.45) is 0 Å². The van der Waals surface area contributed by atoms with E-state index in [-0.39, 0.29) is 17.8 Å². The Bertz CT molecular complexity index is 965. The van der Waals surface area contributed by atoms with Gasteiger partial charge in [0.25, 0.3) is 5.91 Å². The van der Waals surface area contributed by atoms with E-state index in [0.29, 0.717) is 17.0 Å². The molecule has 8 heteroatoms. The fourth-order valence-corrected chi connectivity index (χ4v) is 3.03. The van der Waals surface area contributed by atoms with Gasteiger partial charge in [-0.3, -0.25) is 9.89 Å². The summed E-state index contributed by atoms with van der Waals surface area (Å²) in [6.45, 7) is 5.73. The second-order valence-electron chi connectivity index (χ2n) is 6.26. The molecular formula is C19H21FN6O. The van der Waals surface area contributed by atoms with Crippen LogP contribution in [0.25, 0.3) is 11.4 Å². The Morgan fingerprint density at radius 3 is 2.74 bits per heavy atom. The van der Waals surface area contributed by atoms with Gasteiger partial charge in [0, 0.05) is 29.4 Å². The summed E-state index contributed by atoms with van der Waals surface area (Å²) in [5, 5.41) is 12.7. The van der Waals surface area contributed by atoms with Crippen LogP contribution >= 0.6 is 0 Å². The van der Waals surface area contributed by atoms with Crippen LogP contribution in [0, 0.1) is 19.7 Å². The average Bonchev–Trinajstić information content (AvgIpc) is 3.00. The number of halogens is 1. The lowest BCUT2D eigenvalue weighted by atomic mass is 10.1. The van der Waals surface area contributed by atoms with Crippen LogP contribution in [0.5, 0.6) is 0 Å². The monoisotopic (exact) mass is 368 g/mol. The van der Waals surface area contributed by atoms with Crippen molar-refractivity contribution in [1.29, 1.82) is 0 Å². The number of H-pyrrole nitrogens is 1. The summed E-state index contributed by atoms with van der Waals surface area (Å²) >= 11 is 0. The number of hydrogen-bond donors (Lipinski definition) is 3. The summed E-state index contributed by atoms with van der Waals surface area (Å²) in [4.78, 5) is 20.8. The number of anilines is 1. The van der Waals surface area contributed by atoms with Gasteiger partial charge in [-0.25, -0.2) is 14.4 Å². The molecule has 0 aliphatic heterocycles. The van der Waals surface area contributed by atoms with Crippen LogP contribution in [0.2, 0.25) is 0 Å². The number of aromatic amines is 1.